The molecule has 1 aliphatic rings. The van der Waals surface area contributed by atoms with E-state index >= 15 is 0 Å². The molecule has 20 heavy (non-hydrogen) atoms. The van der Waals surface area contributed by atoms with Crippen molar-refractivity contribution in [3.63, 3.8) is 0 Å². The van der Waals surface area contributed by atoms with Crippen LogP contribution in [0.2, 0.25) is 0 Å². The van der Waals surface area contributed by atoms with Gasteiger partial charge < -0.3 is 4.74 Å². The smallest absolute Gasteiger partial charge is 0.412 e. The van der Waals surface area contributed by atoms with Crippen molar-refractivity contribution < 1.29 is 13.9 Å². The zero-order valence-corrected chi connectivity index (χ0v) is 11.1. The van der Waals surface area contributed by atoms with E-state index in [2.05, 4.69) is 10.3 Å². The third kappa shape index (κ3) is 2.11. The Kier molecular flexibility index (Phi) is 2.71. The number of carbonyl (C=O) groups is 1. The molecule has 102 valence electrons. The maximum Gasteiger partial charge on any atom is 0.412 e. The maximum absolute atomic E-state index is 12.9. The van der Waals surface area contributed by atoms with Crippen molar-refractivity contribution in [3.05, 3.63) is 48.0 Å². The summed E-state index contributed by atoms with van der Waals surface area (Å²) in [5.41, 5.74) is 2.59. The number of hydrogen-bond donors (Lipinski definition) is 1. The predicted octanol–water partition coefficient (Wildman–Crippen LogP) is 3.68. The molecule has 1 aliphatic heterocycles. The van der Waals surface area contributed by atoms with E-state index in [1.54, 1.807) is 6.07 Å². The van der Waals surface area contributed by atoms with Crippen LogP contribution in [0.25, 0.3) is 11.1 Å². The molecule has 1 N–H and O–H groups in total. The van der Waals surface area contributed by atoms with Crippen LogP contribution in [0.3, 0.4) is 0 Å². The Morgan fingerprint density at radius 2 is 1.95 bits per heavy atom. The van der Waals surface area contributed by atoms with Gasteiger partial charge in [0.25, 0.3) is 0 Å². The van der Waals surface area contributed by atoms with Crippen molar-refractivity contribution >= 4 is 11.8 Å². The molecule has 0 spiro atoms. The Labute approximate surface area is 115 Å². The third-order valence-electron chi connectivity index (χ3n) is 3.31. The number of nitrogens with zero attached hydrogens (tertiary/aromatic N) is 1. The average Bonchev–Trinajstić information content (AvgIpc) is 2.38. The van der Waals surface area contributed by atoms with Crippen molar-refractivity contribution in [3.8, 4) is 11.1 Å². The number of cyclic esters (lactones) is 1. The number of anilines is 1. The lowest BCUT2D eigenvalue weighted by molar-refractivity contribution is 0.0421. The Hall–Kier alpha value is -2.43. The molecule has 0 saturated heterocycles. The molecule has 0 unspecified atom stereocenters. The van der Waals surface area contributed by atoms with E-state index in [1.807, 2.05) is 32.0 Å². The van der Waals surface area contributed by atoms with Gasteiger partial charge in [0.1, 0.15) is 5.60 Å². The minimum Gasteiger partial charge on any atom is -0.438 e. The molecule has 4 nitrogen and oxygen atoms in total. The zero-order valence-electron chi connectivity index (χ0n) is 11.1. The Morgan fingerprint density at radius 3 is 2.65 bits per heavy atom. The number of fused-ring (bicyclic) bond motifs is 1. The van der Waals surface area contributed by atoms with Crippen LogP contribution < -0.4 is 5.32 Å². The SMILES string of the molecule is CC1(C)OC(=O)Nc2ccc(-c3ccc(F)nc3)cc21. The summed E-state index contributed by atoms with van der Waals surface area (Å²) in [5.74, 6) is -0.511. The Balaban J connectivity index is 2.09. The number of benzene rings is 1. The van der Waals surface area contributed by atoms with E-state index in [9.17, 15) is 9.18 Å². The van der Waals surface area contributed by atoms with E-state index in [0.717, 1.165) is 22.4 Å². The lowest BCUT2D eigenvalue weighted by atomic mass is 9.91. The van der Waals surface area contributed by atoms with Gasteiger partial charge in [-0.2, -0.15) is 4.39 Å². The summed E-state index contributed by atoms with van der Waals surface area (Å²) in [7, 11) is 0. The number of pyridine rings is 1. The standard InChI is InChI=1S/C15H13FN2O2/c1-15(2)11-7-9(10-4-6-13(16)17-8-10)3-5-12(11)18-14(19)20-15/h3-8H,1-2H3,(H,18,19). The molecule has 0 saturated carbocycles. The molecule has 0 fully saturated rings. The van der Waals surface area contributed by atoms with E-state index in [1.165, 1.54) is 12.3 Å². The lowest BCUT2D eigenvalue weighted by Crippen LogP contribution is -2.34. The average molecular weight is 272 g/mol. The summed E-state index contributed by atoms with van der Waals surface area (Å²) >= 11 is 0. The highest BCUT2D eigenvalue weighted by Crippen LogP contribution is 2.37. The molecule has 0 atom stereocenters. The Bertz CT molecular complexity index is 681. The summed E-state index contributed by atoms with van der Waals surface area (Å²) in [5, 5.41) is 2.67. The molecule has 2 aromatic rings. The van der Waals surface area contributed by atoms with E-state index in [4.69, 9.17) is 4.74 Å². The highest BCUT2D eigenvalue weighted by molar-refractivity contribution is 5.89. The van der Waals surface area contributed by atoms with Crippen molar-refractivity contribution in [2.24, 2.45) is 0 Å². The first-order valence-electron chi connectivity index (χ1n) is 6.22. The highest BCUT2D eigenvalue weighted by Gasteiger charge is 2.33. The molecule has 5 heteroatoms. The monoisotopic (exact) mass is 272 g/mol. The largest absolute Gasteiger partial charge is 0.438 e. The number of ether oxygens (including phenoxy) is 1. The number of amides is 1. The first kappa shape index (κ1) is 12.6. The fourth-order valence-electron chi connectivity index (χ4n) is 2.30. The highest BCUT2D eigenvalue weighted by atomic mass is 19.1. The minimum atomic E-state index is -0.707. The van der Waals surface area contributed by atoms with Gasteiger partial charge in [-0.25, -0.2) is 9.78 Å². The number of halogens is 1. The molecule has 3 rings (SSSR count). The summed E-state index contributed by atoms with van der Waals surface area (Å²) in [6.45, 7) is 3.66. The fourth-order valence-corrected chi connectivity index (χ4v) is 2.30. The van der Waals surface area contributed by atoms with Gasteiger partial charge in [0, 0.05) is 17.3 Å². The molecule has 0 radical (unpaired) electrons. The summed E-state index contributed by atoms with van der Waals surface area (Å²) in [6, 6.07) is 8.58. The molecule has 0 bridgehead atoms. The van der Waals surface area contributed by atoms with Crippen LogP contribution in [0.15, 0.2) is 36.5 Å². The van der Waals surface area contributed by atoms with Crippen LogP contribution in [-0.4, -0.2) is 11.1 Å². The molecule has 0 aliphatic carbocycles. The summed E-state index contributed by atoms with van der Waals surface area (Å²) in [4.78, 5) is 15.1. The van der Waals surface area contributed by atoms with E-state index < -0.39 is 17.6 Å². The molecule has 2 heterocycles. The van der Waals surface area contributed by atoms with E-state index in [-0.39, 0.29) is 0 Å². The number of hydrogen-bond acceptors (Lipinski definition) is 3. The number of rotatable bonds is 1. The van der Waals surface area contributed by atoms with Crippen molar-refractivity contribution in [2.75, 3.05) is 5.32 Å². The summed E-state index contributed by atoms with van der Waals surface area (Å²) in [6.07, 6.45) is 1.02. The van der Waals surface area contributed by atoms with Gasteiger partial charge in [-0.3, -0.25) is 5.32 Å². The van der Waals surface area contributed by atoms with Crippen LogP contribution in [0.4, 0.5) is 14.9 Å². The second-order valence-electron chi connectivity index (χ2n) is 5.15. The minimum absolute atomic E-state index is 0.460. The van der Waals surface area contributed by atoms with Gasteiger partial charge in [0.15, 0.2) is 0 Å². The first-order chi connectivity index (χ1) is 9.45. The van der Waals surface area contributed by atoms with Gasteiger partial charge in [0.05, 0.1) is 5.69 Å². The van der Waals surface area contributed by atoms with Crippen LogP contribution in [0, 0.1) is 5.95 Å². The quantitative estimate of drug-likeness (QED) is 0.805. The zero-order chi connectivity index (χ0) is 14.3. The maximum atomic E-state index is 12.9. The lowest BCUT2D eigenvalue weighted by Gasteiger charge is -2.32. The molecular weight excluding hydrogens is 259 g/mol. The summed E-state index contributed by atoms with van der Waals surface area (Å²) < 4.78 is 18.1. The second-order valence-corrected chi connectivity index (χ2v) is 5.15. The van der Waals surface area contributed by atoms with E-state index in [0.29, 0.717) is 0 Å². The van der Waals surface area contributed by atoms with Crippen LogP contribution in [0.1, 0.15) is 19.4 Å². The molecule has 1 amide bonds. The van der Waals surface area contributed by atoms with Gasteiger partial charge >= 0.3 is 6.09 Å². The third-order valence-corrected chi connectivity index (χ3v) is 3.31. The van der Waals surface area contributed by atoms with Crippen LogP contribution in [0.5, 0.6) is 0 Å². The van der Waals surface area contributed by atoms with Crippen LogP contribution >= 0.6 is 0 Å². The number of nitrogens with one attached hydrogen (secondary N) is 1. The van der Waals surface area contributed by atoms with Gasteiger partial charge in [-0.05, 0) is 43.7 Å². The van der Waals surface area contributed by atoms with Gasteiger partial charge in [-0.1, -0.05) is 6.07 Å². The van der Waals surface area contributed by atoms with Crippen molar-refractivity contribution in [1.29, 1.82) is 0 Å². The molecular formula is C15H13FN2O2. The predicted molar refractivity (Wildman–Crippen MR) is 72.8 cm³/mol. The number of carbonyl (C=O) groups excluding carboxylic acids is 1. The van der Waals surface area contributed by atoms with Crippen LogP contribution in [-0.2, 0) is 10.3 Å². The molecule has 1 aromatic heterocycles. The van der Waals surface area contributed by atoms with Gasteiger partial charge in [0.2, 0.25) is 5.95 Å². The topological polar surface area (TPSA) is 51.2 Å². The van der Waals surface area contributed by atoms with Crippen molar-refractivity contribution in [2.45, 2.75) is 19.4 Å². The second kappa shape index (κ2) is 4.30. The Morgan fingerprint density at radius 1 is 1.20 bits per heavy atom. The van der Waals surface area contributed by atoms with Crippen molar-refractivity contribution in [1.82, 2.24) is 4.98 Å². The molecule has 1 aromatic carbocycles. The van der Waals surface area contributed by atoms with Gasteiger partial charge in [-0.15, -0.1) is 0 Å². The fraction of sp³-hybridized carbons (Fsp3) is 0.200. The number of aromatic nitrogens is 1. The first-order valence-corrected chi connectivity index (χ1v) is 6.22. The normalized spacial score (nSPS) is 16.1.